The molecule has 0 amide bonds. The summed E-state index contributed by atoms with van der Waals surface area (Å²) in [5.41, 5.74) is 1.49. The first kappa shape index (κ1) is 10.8. The van der Waals surface area contributed by atoms with E-state index in [0.29, 0.717) is 17.1 Å². The molecule has 0 aliphatic carbocycles. The van der Waals surface area contributed by atoms with E-state index in [9.17, 15) is 4.39 Å². The minimum Gasteiger partial charge on any atom is -0.371 e. The van der Waals surface area contributed by atoms with Crippen LogP contribution in [0, 0.1) is 5.95 Å². The molecule has 3 nitrogen and oxygen atoms in total. The summed E-state index contributed by atoms with van der Waals surface area (Å²) in [7, 11) is 0. The van der Waals surface area contributed by atoms with Crippen molar-refractivity contribution in [2.75, 3.05) is 0 Å². The van der Waals surface area contributed by atoms with Crippen LogP contribution in [-0.4, -0.2) is 16.1 Å². The van der Waals surface area contributed by atoms with Gasteiger partial charge < -0.3 is 4.74 Å². The van der Waals surface area contributed by atoms with E-state index in [2.05, 4.69) is 9.97 Å². The van der Waals surface area contributed by atoms with Crippen molar-refractivity contribution in [1.29, 1.82) is 0 Å². The maximum atomic E-state index is 13.5. The lowest BCUT2D eigenvalue weighted by atomic mass is 10.3. The van der Waals surface area contributed by atoms with Gasteiger partial charge in [0.05, 0.1) is 11.8 Å². The summed E-state index contributed by atoms with van der Waals surface area (Å²) in [4.78, 5) is 8.09. The first-order valence-corrected chi connectivity index (χ1v) is 6.06. The smallest absolute Gasteiger partial charge is 0.220 e. The van der Waals surface area contributed by atoms with Crippen molar-refractivity contribution in [1.82, 2.24) is 9.97 Å². The predicted octanol–water partition coefficient (Wildman–Crippen LogP) is 2.29. The summed E-state index contributed by atoms with van der Waals surface area (Å²) >= 11 is 1.67. The number of aromatic nitrogens is 2. The van der Waals surface area contributed by atoms with Gasteiger partial charge >= 0.3 is 0 Å². The zero-order valence-electron chi connectivity index (χ0n) is 8.79. The van der Waals surface area contributed by atoms with E-state index in [0.717, 1.165) is 11.4 Å². The highest BCUT2D eigenvalue weighted by atomic mass is 32.2. The maximum Gasteiger partial charge on any atom is 0.220 e. The SMILES string of the molecule is CC(C)OCc1nc(F)c2c(n1)CSC2. The third kappa shape index (κ3) is 2.46. The van der Waals surface area contributed by atoms with Crippen LogP contribution in [0.2, 0.25) is 0 Å². The summed E-state index contributed by atoms with van der Waals surface area (Å²) in [6.45, 7) is 4.14. The van der Waals surface area contributed by atoms with Crippen LogP contribution in [0.3, 0.4) is 0 Å². The number of halogens is 1. The van der Waals surface area contributed by atoms with Gasteiger partial charge in [0.1, 0.15) is 6.61 Å². The molecule has 1 aliphatic heterocycles. The van der Waals surface area contributed by atoms with E-state index in [4.69, 9.17) is 4.74 Å². The minimum absolute atomic E-state index is 0.110. The molecule has 1 aromatic rings. The molecule has 1 aliphatic rings. The predicted molar refractivity (Wildman–Crippen MR) is 56.9 cm³/mol. The monoisotopic (exact) mass is 228 g/mol. The molecule has 0 saturated heterocycles. The normalized spacial score (nSPS) is 14.7. The van der Waals surface area contributed by atoms with Crippen LogP contribution in [-0.2, 0) is 22.8 Å². The van der Waals surface area contributed by atoms with Gasteiger partial charge in [0.15, 0.2) is 5.82 Å². The molecule has 5 heteroatoms. The van der Waals surface area contributed by atoms with Crippen LogP contribution in [0.15, 0.2) is 0 Å². The van der Waals surface area contributed by atoms with Crippen LogP contribution in [0.4, 0.5) is 4.39 Å². The molecule has 0 radical (unpaired) electrons. The Balaban J connectivity index is 2.16. The zero-order valence-corrected chi connectivity index (χ0v) is 9.60. The number of thioether (sulfide) groups is 1. The molecule has 2 heterocycles. The van der Waals surface area contributed by atoms with Crippen molar-refractivity contribution < 1.29 is 9.13 Å². The van der Waals surface area contributed by atoms with Gasteiger partial charge in [-0.1, -0.05) is 0 Å². The molecular formula is C10H13FN2OS. The summed E-state index contributed by atoms with van der Waals surface area (Å²) < 4.78 is 18.8. The lowest BCUT2D eigenvalue weighted by molar-refractivity contribution is 0.0606. The second-order valence-electron chi connectivity index (χ2n) is 3.71. The van der Waals surface area contributed by atoms with E-state index in [1.807, 2.05) is 13.8 Å². The van der Waals surface area contributed by atoms with Gasteiger partial charge in [-0.05, 0) is 13.8 Å². The molecule has 15 heavy (non-hydrogen) atoms. The lowest BCUT2D eigenvalue weighted by Crippen LogP contribution is -2.09. The highest BCUT2D eigenvalue weighted by molar-refractivity contribution is 7.98. The number of hydrogen-bond acceptors (Lipinski definition) is 4. The Hall–Kier alpha value is -0.680. The largest absolute Gasteiger partial charge is 0.371 e. The van der Waals surface area contributed by atoms with E-state index >= 15 is 0 Å². The van der Waals surface area contributed by atoms with Crippen molar-refractivity contribution in [3.63, 3.8) is 0 Å². The molecular weight excluding hydrogens is 215 g/mol. The first-order valence-electron chi connectivity index (χ1n) is 4.90. The van der Waals surface area contributed by atoms with Crippen LogP contribution < -0.4 is 0 Å². The van der Waals surface area contributed by atoms with Gasteiger partial charge in [-0.25, -0.2) is 9.97 Å². The average Bonchev–Trinajstić information content (AvgIpc) is 2.63. The fourth-order valence-electron chi connectivity index (χ4n) is 1.37. The zero-order chi connectivity index (χ0) is 10.8. The van der Waals surface area contributed by atoms with Crippen LogP contribution >= 0.6 is 11.8 Å². The van der Waals surface area contributed by atoms with Crippen molar-refractivity contribution in [2.24, 2.45) is 0 Å². The Morgan fingerprint density at radius 2 is 2.20 bits per heavy atom. The van der Waals surface area contributed by atoms with E-state index in [-0.39, 0.29) is 18.7 Å². The van der Waals surface area contributed by atoms with E-state index in [1.54, 1.807) is 11.8 Å². The molecule has 0 aromatic carbocycles. The van der Waals surface area contributed by atoms with Crippen LogP contribution in [0.25, 0.3) is 0 Å². The van der Waals surface area contributed by atoms with Gasteiger partial charge in [-0.3, -0.25) is 0 Å². The topological polar surface area (TPSA) is 35.0 Å². The Morgan fingerprint density at radius 1 is 1.40 bits per heavy atom. The Morgan fingerprint density at radius 3 is 2.93 bits per heavy atom. The van der Waals surface area contributed by atoms with Gasteiger partial charge in [-0.2, -0.15) is 16.2 Å². The maximum absolute atomic E-state index is 13.5. The second-order valence-corrected chi connectivity index (χ2v) is 4.69. The molecule has 1 aromatic heterocycles. The molecule has 82 valence electrons. The van der Waals surface area contributed by atoms with Crippen molar-refractivity contribution in [3.8, 4) is 0 Å². The number of nitrogens with zero attached hydrogens (tertiary/aromatic N) is 2. The number of fused-ring (bicyclic) bond motifs is 1. The first-order chi connectivity index (χ1) is 7.16. The second kappa shape index (κ2) is 4.45. The Bertz CT molecular complexity index is 371. The molecule has 0 atom stereocenters. The van der Waals surface area contributed by atoms with Crippen LogP contribution in [0.1, 0.15) is 30.9 Å². The van der Waals surface area contributed by atoms with Gasteiger partial charge in [-0.15, -0.1) is 0 Å². The molecule has 0 bridgehead atoms. The highest BCUT2D eigenvalue weighted by Gasteiger charge is 2.19. The van der Waals surface area contributed by atoms with E-state index < -0.39 is 0 Å². The summed E-state index contributed by atoms with van der Waals surface area (Å²) in [5, 5.41) is 0. The van der Waals surface area contributed by atoms with Gasteiger partial charge in [0.2, 0.25) is 5.95 Å². The molecule has 0 spiro atoms. The summed E-state index contributed by atoms with van der Waals surface area (Å²) in [6, 6.07) is 0. The summed E-state index contributed by atoms with van der Waals surface area (Å²) in [5.74, 6) is 1.53. The van der Waals surface area contributed by atoms with Crippen molar-refractivity contribution in [3.05, 3.63) is 23.0 Å². The number of hydrogen-bond donors (Lipinski definition) is 0. The van der Waals surface area contributed by atoms with Crippen molar-refractivity contribution >= 4 is 11.8 Å². The van der Waals surface area contributed by atoms with Crippen LogP contribution in [0.5, 0.6) is 0 Å². The third-order valence-corrected chi connectivity index (χ3v) is 3.09. The molecule has 0 N–H and O–H groups in total. The van der Waals surface area contributed by atoms with Gasteiger partial charge in [0.25, 0.3) is 0 Å². The van der Waals surface area contributed by atoms with E-state index in [1.165, 1.54) is 0 Å². The van der Waals surface area contributed by atoms with Gasteiger partial charge in [0, 0.05) is 17.1 Å². The average molecular weight is 228 g/mol. The summed E-state index contributed by atoms with van der Waals surface area (Å²) in [6.07, 6.45) is 0.110. The molecule has 2 rings (SSSR count). The standard InChI is InChI=1S/C10H13FN2OS/c1-6(2)14-3-9-12-8-5-15-4-7(8)10(11)13-9/h6H,3-5H2,1-2H3. The third-order valence-electron chi connectivity index (χ3n) is 2.12. The Kier molecular flexibility index (Phi) is 3.21. The molecule has 0 saturated carbocycles. The van der Waals surface area contributed by atoms with Crippen molar-refractivity contribution in [2.45, 2.75) is 38.1 Å². The lowest BCUT2D eigenvalue weighted by Gasteiger charge is -2.07. The quantitative estimate of drug-likeness (QED) is 0.743. The molecule has 0 fully saturated rings. The number of rotatable bonds is 3. The fraction of sp³-hybridized carbons (Fsp3) is 0.600. The molecule has 0 unspecified atom stereocenters. The highest BCUT2D eigenvalue weighted by Crippen LogP contribution is 2.29. The fourth-order valence-corrected chi connectivity index (χ4v) is 2.39. The number of ether oxygens (including phenoxy) is 1. The Labute approximate surface area is 92.5 Å². The minimum atomic E-state index is -0.382.